The molecular formula is C8H6FN2O2S-. The third-order valence-corrected chi connectivity index (χ3v) is 1.87. The highest BCUT2D eigenvalue weighted by Crippen LogP contribution is 2.25. The van der Waals surface area contributed by atoms with Crippen LogP contribution in [0.4, 0.5) is 10.1 Å². The van der Waals surface area contributed by atoms with Crippen molar-refractivity contribution in [1.29, 1.82) is 5.26 Å². The van der Waals surface area contributed by atoms with Crippen LogP contribution in [0, 0.1) is 17.1 Å². The van der Waals surface area contributed by atoms with Gasteiger partial charge < -0.3 is 4.72 Å². The third kappa shape index (κ3) is 2.71. The number of nitriles is 1. The zero-order valence-corrected chi connectivity index (χ0v) is 8.05. The van der Waals surface area contributed by atoms with E-state index >= 15 is 0 Å². The van der Waals surface area contributed by atoms with Crippen molar-refractivity contribution in [2.24, 2.45) is 0 Å². The van der Waals surface area contributed by atoms with Crippen molar-refractivity contribution in [2.75, 3.05) is 6.26 Å². The van der Waals surface area contributed by atoms with Crippen LogP contribution in [0.3, 0.4) is 0 Å². The molecule has 14 heavy (non-hydrogen) atoms. The summed E-state index contributed by atoms with van der Waals surface area (Å²) in [6, 6.07) is 5.11. The summed E-state index contributed by atoms with van der Waals surface area (Å²) in [7, 11) is -3.62. The number of hydrogen-bond acceptors (Lipinski definition) is 3. The molecule has 4 nitrogen and oxygen atoms in total. The Balaban J connectivity index is 3.09. The van der Waals surface area contributed by atoms with Crippen molar-refractivity contribution in [3.05, 3.63) is 34.3 Å². The van der Waals surface area contributed by atoms with Crippen LogP contribution in [-0.4, -0.2) is 14.7 Å². The van der Waals surface area contributed by atoms with Crippen LogP contribution in [0.5, 0.6) is 0 Å². The first kappa shape index (κ1) is 10.5. The van der Waals surface area contributed by atoms with E-state index in [1.165, 1.54) is 6.07 Å². The van der Waals surface area contributed by atoms with E-state index in [0.29, 0.717) is 0 Å². The van der Waals surface area contributed by atoms with Crippen molar-refractivity contribution in [2.45, 2.75) is 0 Å². The summed E-state index contributed by atoms with van der Waals surface area (Å²) < 4.78 is 37.6. The fourth-order valence-electron chi connectivity index (χ4n) is 0.829. The number of hydrogen-bond donors (Lipinski definition) is 0. The van der Waals surface area contributed by atoms with Gasteiger partial charge in [0.1, 0.15) is 5.82 Å². The lowest BCUT2D eigenvalue weighted by Crippen LogP contribution is -1.92. The second-order valence-corrected chi connectivity index (χ2v) is 4.25. The molecule has 0 aliphatic rings. The van der Waals surface area contributed by atoms with Gasteiger partial charge in [-0.1, -0.05) is 11.8 Å². The molecule has 1 rings (SSSR count). The Kier molecular flexibility index (Phi) is 2.72. The quantitative estimate of drug-likeness (QED) is 0.749. The number of benzene rings is 1. The topological polar surface area (TPSA) is 72.0 Å². The number of nitrogens with zero attached hydrogens (tertiary/aromatic N) is 2. The van der Waals surface area contributed by atoms with Crippen LogP contribution in [0.1, 0.15) is 5.56 Å². The zero-order valence-electron chi connectivity index (χ0n) is 7.23. The molecule has 0 saturated carbocycles. The average molecular weight is 213 g/mol. The highest BCUT2D eigenvalue weighted by atomic mass is 32.2. The molecular weight excluding hydrogens is 207 g/mol. The molecule has 0 atom stereocenters. The van der Waals surface area contributed by atoms with Gasteiger partial charge in [0.15, 0.2) is 0 Å². The van der Waals surface area contributed by atoms with Crippen LogP contribution in [0.2, 0.25) is 0 Å². The number of halogens is 1. The van der Waals surface area contributed by atoms with Gasteiger partial charge in [-0.15, -0.1) is 0 Å². The summed E-state index contributed by atoms with van der Waals surface area (Å²) in [6.07, 6.45) is 0.866. The van der Waals surface area contributed by atoms with E-state index in [1.54, 1.807) is 6.07 Å². The summed E-state index contributed by atoms with van der Waals surface area (Å²) in [5.74, 6) is -0.825. The zero-order chi connectivity index (χ0) is 10.8. The molecule has 0 heterocycles. The van der Waals surface area contributed by atoms with Crippen molar-refractivity contribution < 1.29 is 12.8 Å². The highest BCUT2D eigenvalue weighted by Gasteiger charge is 1.98. The number of sulfonamides is 1. The molecule has 0 unspecified atom stereocenters. The van der Waals surface area contributed by atoms with E-state index in [9.17, 15) is 12.8 Å². The Labute approximate surface area is 81.0 Å². The molecule has 0 amide bonds. The fraction of sp³-hybridized carbons (Fsp3) is 0.125. The SMILES string of the molecule is CS(=O)(=O)[N-]c1ccc(C#N)cc1F. The maximum Gasteiger partial charge on any atom is 0.110 e. The van der Waals surface area contributed by atoms with Gasteiger partial charge in [-0.3, -0.25) is 0 Å². The molecule has 0 fully saturated rings. The monoisotopic (exact) mass is 213 g/mol. The minimum Gasteiger partial charge on any atom is -0.575 e. The Morgan fingerprint density at radius 3 is 2.57 bits per heavy atom. The van der Waals surface area contributed by atoms with Crippen LogP contribution in [-0.2, 0) is 10.0 Å². The van der Waals surface area contributed by atoms with Gasteiger partial charge >= 0.3 is 0 Å². The molecule has 0 radical (unpaired) electrons. The average Bonchev–Trinajstić information content (AvgIpc) is 2.06. The Bertz CT molecular complexity index is 491. The molecule has 0 aliphatic carbocycles. The van der Waals surface area contributed by atoms with Crippen LogP contribution in [0.25, 0.3) is 4.72 Å². The van der Waals surface area contributed by atoms with E-state index < -0.39 is 15.8 Å². The van der Waals surface area contributed by atoms with E-state index in [1.807, 2.05) is 0 Å². The van der Waals surface area contributed by atoms with E-state index in [-0.39, 0.29) is 11.3 Å². The summed E-state index contributed by atoms with van der Waals surface area (Å²) >= 11 is 0. The van der Waals surface area contributed by atoms with Crippen LogP contribution >= 0.6 is 0 Å². The first-order valence-electron chi connectivity index (χ1n) is 3.55. The molecule has 0 aromatic heterocycles. The predicted molar refractivity (Wildman–Crippen MR) is 49.0 cm³/mol. The normalized spacial score (nSPS) is 10.6. The minimum atomic E-state index is -3.62. The van der Waals surface area contributed by atoms with Gasteiger partial charge in [-0.05, 0) is 12.1 Å². The first-order chi connectivity index (χ1) is 6.42. The summed E-state index contributed by atoms with van der Waals surface area (Å²) in [4.78, 5) is 0. The van der Waals surface area contributed by atoms with Gasteiger partial charge in [0.25, 0.3) is 0 Å². The lowest BCUT2D eigenvalue weighted by molar-refractivity contribution is 0.606. The molecule has 1 aromatic carbocycles. The van der Waals surface area contributed by atoms with Gasteiger partial charge in [0.05, 0.1) is 21.7 Å². The van der Waals surface area contributed by atoms with Gasteiger partial charge in [-0.2, -0.15) is 5.26 Å². The summed E-state index contributed by atoms with van der Waals surface area (Å²) in [5.41, 5.74) is -0.165. The predicted octanol–water partition coefficient (Wildman–Crippen LogP) is 1.66. The van der Waals surface area contributed by atoms with Crippen LogP contribution in [0.15, 0.2) is 18.2 Å². The lowest BCUT2D eigenvalue weighted by atomic mass is 10.2. The highest BCUT2D eigenvalue weighted by molar-refractivity contribution is 7.93. The lowest BCUT2D eigenvalue weighted by Gasteiger charge is -2.18. The Morgan fingerprint density at radius 1 is 1.50 bits per heavy atom. The number of rotatable bonds is 2. The minimum absolute atomic E-state index is 0.120. The van der Waals surface area contributed by atoms with Crippen molar-refractivity contribution in [3.8, 4) is 6.07 Å². The molecule has 74 valence electrons. The van der Waals surface area contributed by atoms with Crippen molar-refractivity contribution >= 4 is 15.7 Å². The van der Waals surface area contributed by atoms with Gasteiger partial charge in [0.2, 0.25) is 0 Å². The first-order valence-corrected chi connectivity index (χ1v) is 5.40. The molecule has 0 spiro atoms. The molecule has 0 bridgehead atoms. The van der Waals surface area contributed by atoms with Crippen LogP contribution < -0.4 is 0 Å². The van der Waals surface area contributed by atoms with Crippen molar-refractivity contribution in [1.82, 2.24) is 0 Å². The second-order valence-electron chi connectivity index (χ2n) is 2.60. The molecule has 0 aliphatic heterocycles. The van der Waals surface area contributed by atoms with Gasteiger partial charge in [-0.25, -0.2) is 12.8 Å². The maximum atomic E-state index is 13.1. The Morgan fingerprint density at radius 2 is 2.14 bits per heavy atom. The van der Waals surface area contributed by atoms with Crippen molar-refractivity contribution in [3.63, 3.8) is 0 Å². The summed E-state index contributed by atoms with van der Waals surface area (Å²) in [6.45, 7) is 0. The largest absolute Gasteiger partial charge is 0.575 e. The van der Waals surface area contributed by atoms with Gasteiger partial charge in [0, 0.05) is 6.26 Å². The molecule has 0 saturated heterocycles. The molecule has 0 N–H and O–H groups in total. The smallest absolute Gasteiger partial charge is 0.110 e. The molecule has 6 heteroatoms. The standard InChI is InChI=1S/C8H6FN2O2S/c1-14(12,13)11-8-3-2-6(5-10)4-7(8)9/h2-4H,1H3/q-1. The van der Waals surface area contributed by atoms with E-state index in [4.69, 9.17) is 5.26 Å². The Hall–Kier alpha value is -1.61. The van der Waals surface area contributed by atoms with E-state index in [0.717, 1.165) is 18.4 Å². The molecule has 1 aromatic rings. The second kappa shape index (κ2) is 3.64. The summed E-state index contributed by atoms with van der Waals surface area (Å²) in [5, 5.41) is 8.42. The van der Waals surface area contributed by atoms with E-state index in [2.05, 4.69) is 4.72 Å². The fourth-order valence-corrected chi connectivity index (χ4v) is 1.33. The maximum absolute atomic E-state index is 13.1. The third-order valence-electron chi connectivity index (χ3n) is 1.34.